The molecule has 1 aromatic carbocycles. The van der Waals surface area contributed by atoms with E-state index < -0.39 is 0 Å². The first-order chi connectivity index (χ1) is 11.3. The summed E-state index contributed by atoms with van der Waals surface area (Å²) < 4.78 is 11.0. The number of hydrogen-bond acceptors (Lipinski definition) is 3. The van der Waals surface area contributed by atoms with Crippen LogP contribution in [-0.2, 0) is 15.9 Å². The maximum absolute atomic E-state index is 6.15. The first-order valence-corrected chi connectivity index (χ1v) is 8.54. The van der Waals surface area contributed by atoms with Crippen LogP contribution < -0.4 is 10.6 Å². The minimum atomic E-state index is 0.281. The van der Waals surface area contributed by atoms with Gasteiger partial charge in [-0.2, -0.15) is 0 Å². The Labute approximate surface area is 143 Å². The first kappa shape index (κ1) is 18.0. The molecule has 1 saturated heterocycles. The maximum atomic E-state index is 6.15. The van der Waals surface area contributed by atoms with Gasteiger partial charge in [0.2, 0.25) is 0 Å². The molecular formula is C17H26ClN3O2. The third kappa shape index (κ3) is 6.77. The molecule has 1 aliphatic heterocycles. The van der Waals surface area contributed by atoms with Crippen molar-refractivity contribution in [3.8, 4) is 0 Å². The van der Waals surface area contributed by atoms with Crippen molar-refractivity contribution in [1.82, 2.24) is 10.6 Å². The predicted molar refractivity (Wildman–Crippen MR) is 94.3 cm³/mol. The van der Waals surface area contributed by atoms with Crippen LogP contribution in [0.3, 0.4) is 0 Å². The molecule has 128 valence electrons. The summed E-state index contributed by atoms with van der Waals surface area (Å²) in [5, 5.41) is 7.40. The Balaban J connectivity index is 1.55. The Morgan fingerprint density at radius 3 is 2.91 bits per heavy atom. The molecule has 6 heteroatoms. The average Bonchev–Trinajstić information content (AvgIpc) is 3.08. The van der Waals surface area contributed by atoms with Crippen molar-refractivity contribution >= 4 is 17.6 Å². The minimum Gasteiger partial charge on any atom is -0.379 e. The number of halogens is 1. The van der Waals surface area contributed by atoms with Gasteiger partial charge in [0.15, 0.2) is 5.96 Å². The number of benzene rings is 1. The quantitative estimate of drug-likeness (QED) is 0.433. The highest BCUT2D eigenvalue weighted by Gasteiger charge is 2.15. The van der Waals surface area contributed by atoms with Crippen molar-refractivity contribution in [2.24, 2.45) is 4.99 Å². The zero-order chi connectivity index (χ0) is 16.3. The van der Waals surface area contributed by atoms with Gasteiger partial charge in [-0.25, -0.2) is 0 Å². The number of guanidine groups is 1. The van der Waals surface area contributed by atoms with E-state index in [9.17, 15) is 0 Å². The molecule has 0 radical (unpaired) electrons. The number of aliphatic imine (C=N–C) groups is 1. The van der Waals surface area contributed by atoms with E-state index in [1.807, 2.05) is 24.3 Å². The van der Waals surface area contributed by atoms with Gasteiger partial charge in [-0.15, -0.1) is 0 Å². The number of hydrogen-bond donors (Lipinski definition) is 2. The number of nitrogens with one attached hydrogen (secondary N) is 2. The zero-order valence-corrected chi connectivity index (χ0v) is 14.4. The van der Waals surface area contributed by atoms with E-state index in [-0.39, 0.29) is 6.10 Å². The third-order valence-corrected chi connectivity index (χ3v) is 4.09. The lowest BCUT2D eigenvalue weighted by Gasteiger charge is -2.13. The van der Waals surface area contributed by atoms with Crippen LogP contribution in [0.2, 0.25) is 5.02 Å². The predicted octanol–water partition coefficient (Wildman–Crippen LogP) is 2.24. The van der Waals surface area contributed by atoms with E-state index in [1.54, 1.807) is 7.05 Å². The van der Waals surface area contributed by atoms with Crippen molar-refractivity contribution < 1.29 is 9.47 Å². The van der Waals surface area contributed by atoms with Crippen molar-refractivity contribution in [3.63, 3.8) is 0 Å². The van der Waals surface area contributed by atoms with Crippen molar-refractivity contribution in [2.75, 3.05) is 40.0 Å². The van der Waals surface area contributed by atoms with E-state index in [0.29, 0.717) is 0 Å². The Morgan fingerprint density at radius 1 is 1.35 bits per heavy atom. The van der Waals surface area contributed by atoms with Crippen LogP contribution >= 0.6 is 11.6 Å². The third-order valence-electron chi connectivity index (χ3n) is 3.72. The molecule has 1 atom stereocenters. The summed E-state index contributed by atoms with van der Waals surface area (Å²) in [6, 6.07) is 7.91. The highest BCUT2D eigenvalue weighted by Crippen LogP contribution is 2.14. The summed E-state index contributed by atoms with van der Waals surface area (Å²) in [5.74, 6) is 0.807. The molecule has 0 spiro atoms. The lowest BCUT2D eigenvalue weighted by molar-refractivity contribution is 0.0420. The molecule has 23 heavy (non-hydrogen) atoms. The summed E-state index contributed by atoms with van der Waals surface area (Å²) in [6.45, 7) is 3.93. The molecule has 0 amide bonds. The van der Waals surface area contributed by atoms with Gasteiger partial charge in [-0.05, 0) is 30.9 Å². The molecule has 0 saturated carbocycles. The monoisotopic (exact) mass is 339 g/mol. The average molecular weight is 340 g/mol. The Morgan fingerprint density at radius 2 is 2.17 bits per heavy atom. The zero-order valence-electron chi connectivity index (χ0n) is 13.7. The van der Waals surface area contributed by atoms with Gasteiger partial charge in [-0.3, -0.25) is 4.99 Å². The van der Waals surface area contributed by atoms with E-state index in [0.717, 1.165) is 68.7 Å². The fourth-order valence-corrected chi connectivity index (χ4v) is 2.64. The second-order valence-corrected chi connectivity index (χ2v) is 5.88. The minimum absolute atomic E-state index is 0.281. The standard InChI is InChI=1S/C17H26ClN3O2/c1-19-17(20-9-4-11-23-15-8-12-22-13-15)21-10-7-14-5-2-3-6-16(14)18/h2-3,5-6,15H,4,7-13H2,1H3,(H2,19,20,21). The lowest BCUT2D eigenvalue weighted by Crippen LogP contribution is -2.39. The van der Waals surface area contributed by atoms with Gasteiger partial charge in [0.25, 0.3) is 0 Å². The van der Waals surface area contributed by atoms with E-state index in [2.05, 4.69) is 15.6 Å². The highest BCUT2D eigenvalue weighted by molar-refractivity contribution is 6.31. The molecule has 5 nitrogen and oxygen atoms in total. The van der Waals surface area contributed by atoms with Gasteiger partial charge in [0.1, 0.15) is 0 Å². The van der Waals surface area contributed by atoms with Gasteiger partial charge < -0.3 is 20.1 Å². The van der Waals surface area contributed by atoms with Crippen LogP contribution in [-0.4, -0.2) is 52.0 Å². The van der Waals surface area contributed by atoms with Crippen LogP contribution in [0.5, 0.6) is 0 Å². The lowest BCUT2D eigenvalue weighted by atomic mass is 10.1. The summed E-state index contributed by atoms with van der Waals surface area (Å²) in [7, 11) is 1.77. The van der Waals surface area contributed by atoms with E-state index >= 15 is 0 Å². The van der Waals surface area contributed by atoms with Gasteiger partial charge in [0, 0.05) is 38.4 Å². The fourth-order valence-electron chi connectivity index (χ4n) is 2.41. The number of nitrogens with zero attached hydrogens (tertiary/aromatic N) is 1. The molecule has 1 fully saturated rings. The molecule has 1 aliphatic rings. The number of rotatable bonds is 8. The van der Waals surface area contributed by atoms with Crippen molar-refractivity contribution in [3.05, 3.63) is 34.9 Å². The normalized spacial score (nSPS) is 18.2. The smallest absolute Gasteiger partial charge is 0.190 e. The summed E-state index contributed by atoms with van der Waals surface area (Å²) in [5.41, 5.74) is 1.14. The van der Waals surface area contributed by atoms with Gasteiger partial charge >= 0.3 is 0 Å². The molecule has 0 aromatic heterocycles. The van der Waals surface area contributed by atoms with Crippen LogP contribution in [0.4, 0.5) is 0 Å². The van der Waals surface area contributed by atoms with Crippen LogP contribution in [0.25, 0.3) is 0 Å². The Bertz CT molecular complexity index is 490. The molecule has 0 aliphatic carbocycles. The van der Waals surface area contributed by atoms with Crippen molar-refractivity contribution in [1.29, 1.82) is 0 Å². The fraction of sp³-hybridized carbons (Fsp3) is 0.588. The summed E-state index contributed by atoms with van der Waals surface area (Å²) >= 11 is 6.15. The molecule has 1 unspecified atom stereocenters. The molecular weight excluding hydrogens is 314 g/mol. The van der Waals surface area contributed by atoms with Crippen LogP contribution in [0.15, 0.2) is 29.3 Å². The summed E-state index contributed by atoms with van der Waals surface area (Å²) in [4.78, 5) is 4.22. The Hall–Kier alpha value is -1.30. The van der Waals surface area contributed by atoms with Crippen LogP contribution in [0, 0.1) is 0 Å². The summed E-state index contributed by atoms with van der Waals surface area (Å²) in [6.07, 6.45) is 3.11. The first-order valence-electron chi connectivity index (χ1n) is 8.17. The molecule has 1 heterocycles. The maximum Gasteiger partial charge on any atom is 0.190 e. The largest absolute Gasteiger partial charge is 0.379 e. The van der Waals surface area contributed by atoms with E-state index in [4.69, 9.17) is 21.1 Å². The topological polar surface area (TPSA) is 54.9 Å². The molecule has 2 rings (SSSR count). The van der Waals surface area contributed by atoms with Gasteiger partial charge in [0.05, 0.1) is 12.7 Å². The second kappa shape index (κ2) is 10.5. The molecule has 0 bridgehead atoms. The van der Waals surface area contributed by atoms with Crippen molar-refractivity contribution in [2.45, 2.75) is 25.4 Å². The second-order valence-electron chi connectivity index (χ2n) is 5.48. The Kier molecular flexibility index (Phi) is 8.21. The van der Waals surface area contributed by atoms with Gasteiger partial charge in [-0.1, -0.05) is 29.8 Å². The van der Waals surface area contributed by atoms with E-state index in [1.165, 1.54) is 0 Å². The highest BCUT2D eigenvalue weighted by atomic mass is 35.5. The SMILES string of the molecule is CN=C(NCCCOC1CCOC1)NCCc1ccccc1Cl. The number of ether oxygens (including phenoxy) is 2. The van der Waals surface area contributed by atoms with Crippen LogP contribution in [0.1, 0.15) is 18.4 Å². The molecule has 1 aromatic rings. The molecule has 2 N–H and O–H groups in total.